The van der Waals surface area contributed by atoms with Gasteiger partial charge in [-0.3, -0.25) is 4.79 Å². The molecule has 0 N–H and O–H groups in total. The zero-order chi connectivity index (χ0) is 9.26. The number of pyridine rings is 1. The van der Waals surface area contributed by atoms with Gasteiger partial charge in [-0.05, 0) is 18.4 Å². The smallest absolute Gasteiger partial charge is 0.255 e. The van der Waals surface area contributed by atoms with Crippen molar-refractivity contribution in [2.24, 2.45) is 0 Å². The molecule has 0 aromatic carbocycles. The van der Waals surface area contributed by atoms with Crippen LogP contribution >= 0.6 is 11.8 Å². The Morgan fingerprint density at radius 3 is 2.77 bits per heavy atom. The molecule has 4 heteroatoms. The first-order valence-electron chi connectivity index (χ1n) is 4.10. The van der Waals surface area contributed by atoms with Crippen LogP contribution < -0.4 is 0 Å². The van der Waals surface area contributed by atoms with E-state index in [9.17, 15) is 4.79 Å². The van der Waals surface area contributed by atoms with E-state index in [0.29, 0.717) is 5.56 Å². The van der Waals surface area contributed by atoms with Crippen molar-refractivity contribution in [2.75, 3.05) is 19.3 Å². The van der Waals surface area contributed by atoms with E-state index in [2.05, 4.69) is 4.98 Å². The van der Waals surface area contributed by atoms with Crippen LogP contribution in [-0.4, -0.2) is 35.1 Å². The first-order valence-corrected chi connectivity index (χ1v) is 5.33. The topological polar surface area (TPSA) is 33.0 Å². The van der Waals surface area contributed by atoms with E-state index < -0.39 is 0 Å². The van der Waals surface area contributed by atoms with Gasteiger partial charge in [0.2, 0.25) is 0 Å². The summed E-state index contributed by atoms with van der Waals surface area (Å²) < 4.78 is 0. The molecule has 0 atom stereocenters. The Labute approximate surface area is 81.1 Å². The highest BCUT2D eigenvalue weighted by atomic mass is 32.2. The van der Waals surface area contributed by atoms with Crippen LogP contribution in [0.3, 0.4) is 0 Å². The maximum atomic E-state index is 11.5. The summed E-state index contributed by atoms with van der Waals surface area (Å²) in [5, 5.41) is 0.947. The lowest BCUT2D eigenvalue weighted by molar-refractivity contribution is 0.0885. The van der Waals surface area contributed by atoms with Crippen LogP contribution in [-0.2, 0) is 0 Å². The molecular weight excluding hydrogens is 184 g/mol. The summed E-state index contributed by atoms with van der Waals surface area (Å²) in [7, 11) is 0. The SMILES string of the molecule is CSc1ccc(C(=O)N2CC2)cn1. The molecule has 3 nitrogen and oxygen atoms in total. The van der Waals surface area contributed by atoms with E-state index in [1.165, 1.54) is 0 Å². The van der Waals surface area contributed by atoms with Gasteiger partial charge in [0.15, 0.2) is 0 Å². The van der Waals surface area contributed by atoms with Gasteiger partial charge >= 0.3 is 0 Å². The molecule has 1 aliphatic heterocycles. The number of nitrogens with zero attached hydrogens (tertiary/aromatic N) is 2. The molecule has 0 unspecified atom stereocenters. The number of carbonyl (C=O) groups excluding carboxylic acids is 1. The van der Waals surface area contributed by atoms with E-state index in [4.69, 9.17) is 0 Å². The monoisotopic (exact) mass is 194 g/mol. The Balaban J connectivity index is 2.16. The molecular formula is C9H10N2OS. The van der Waals surface area contributed by atoms with Crippen LogP contribution in [0.25, 0.3) is 0 Å². The lowest BCUT2D eigenvalue weighted by atomic mass is 10.3. The second-order valence-corrected chi connectivity index (χ2v) is 3.71. The van der Waals surface area contributed by atoms with Crippen molar-refractivity contribution >= 4 is 17.7 Å². The van der Waals surface area contributed by atoms with Gasteiger partial charge in [0.1, 0.15) is 0 Å². The fraction of sp³-hybridized carbons (Fsp3) is 0.333. The van der Waals surface area contributed by atoms with E-state index in [1.54, 1.807) is 22.9 Å². The van der Waals surface area contributed by atoms with Crippen LogP contribution in [0.5, 0.6) is 0 Å². The highest BCUT2D eigenvalue weighted by Gasteiger charge is 2.25. The van der Waals surface area contributed by atoms with Gasteiger partial charge in [0.05, 0.1) is 10.6 Å². The summed E-state index contributed by atoms with van der Waals surface area (Å²) in [6.07, 6.45) is 3.61. The molecule has 1 fully saturated rings. The quantitative estimate of drug-likeness (QED) is 0.525. The van der Waals surface area contributed by atoms with Crippen molar-refractivity contribution in [2.45, 2.75) is 5.03 Å². The number of carbonyl (C=O) groups is 1. The number of thioether (sulfide) groups is 1. The minimum Gasteiger partial charge on any atom is -0.335 e. The van der Waals surface area contributed by atoms with Crippen LogP contribution in [0.2, 0.25) is 0 Å². The zero-order valence-corrected chi connectivity index (χ0v) is 8.17. The molecule has 1 saturated heterocycles. The molecule has 68 valence electrons. The maximum absolute atomic E-state index is 11.5. The summed E-state index contributed by atoms with van der Waals surface area (Å²) in [5.41, 5.74) is 0.690. The highest BCUT2D eigenvalue weighted by molar-refractivity contribution is 7.98. The number of aromatic nitrogens is 1. The van der Waals surface area contributed by atoms with Gasteiger partial charge in [-0.15, -0.1) is 11.8 Å². The van der Waals surface area contributed by atoms with Gasteiger partial charge in [0.25, 0.3) is 5.91 Å². The predicted molar refractivity (Wildman–Crippen MR) is 51.9 cm³/mol. The second-order valence-electron chi connectivity index (χ2n) is 2.88. The number of hydrogen-bond acceptors (Lipinski definition) is 3. The Bertz CT molecular complexity index is 319. The lowest BCUT2D eigenvalue weighted by Crippen LogP contribution is -2.10. The minimum absolute atomic E-state index is 0.0974. The first-order chi connectivity index (χ1) is 6.31. The third kappa shape index (κ3) is 1.83. The van der Waals surface area contributed by atoms with Gasteiger partial charge < -0.3 is 4.90 Å². The fourth-order valence-corrected chi connectivity index (χ4v) is 1.43. The molecule has 0 bridgehead atoms. The van der Waals surface area contributed by atoms with Gasteiger partial charge in [-0.25, -0.2) is 4.98 Å². The summed E-state index contributed by atoms with van der Waals surface area (Å²) in [5.74, 6) is 0.0974. The predicted octanol–water partition coefficient (Wildman–Crippen LogP) is 1.26. The zero-order valence-electron chi connectivity index (χ0n) is 7.36. The minimum atomic E-state index is 0.0974. The van der Waals surface area contributed by atoms with Crippen molar-refractivity contribution in [3.63, 3.8) is 0 Å². The van der Waals surface area contributed by atoms with Crippen molar-refractivity contribution < 1.29 is 4.79 Å². The number of amides is 1. The molecule has 13 heavy (non-hydrogen) atoms. The summed E-state index contributed by atoms with van der Waals surface area (Å²) in [6, 6.07) is 3.71. The van der Waals surface area contributed by atoms with Crippen molar-refractivity contribution in [3.05, 3.63) is 23.9 Å². The van der Waals surface area contributed by atoms with Gasteiger partial charge in [-0.1, -0.05) is 0 Å². The molecule has 0 spiro atoms. The molecule has 2 rings (SSSR count). The van der Waals surface area contributed by atoms with E-state index in [-0.39, 0.29) is 5.91 Å². The van der Waals surface area contributed by atoms with Crippen LogP contribution in [0.15, 0.2) is 23.4 Å². The molecule has 1 amide bonds. The molecule has 0 aliphatic carbocycles. The fourth-order valence-electron chi connectivity index (χ4n) is 1.06. The third-order valence-electron chi connectivity index (χ3n) is 1.93. The molecule has 0 saturated carbocycles. The van der Waals surface area contributed by atoms with Gasteiger partial charge in [0, 0.05) is 19.3 Å². The first kappa shape index (κ1) is 8.56. The normalized spacial score (nSPS) is 14.4. The highest BCUT2D eigenvalue weighted by Crippen LogP contribution is 2.14. The molecule has 2 heterocycles. The number of rotatable bonds is 2. The van der Waals surface area contributed by atoms with Crippen LogP contribution in [0, 0.1) is 0 Å². The van der Waals surface area contributed by atoms with E-state index in [1.807, 2.05) is 18.4 Å². The Morgan fingerprint density at radius 2 is 2.31 bits per heavy atom. The third-order valence-corrected chi connectivity index (χ3v) is 2.59. The second kappa shape index (κ2) is 3.38. The van der Waals surface area contributed by atoms with Crippen molar-refractivity contribution in [1.29, 1.82) is 0 Å². The van der Waals surface area contributed by atoms with Gasteiger partial charge in [-0.2, -0.15) is 0 Å². The molecule has 1 aliphatic rings. The summed E-state index contributed by atoms with van der Waals surface area (Å²) in [6.45, 7) is 1.78. The standard InChI is InChI=1S/C9H10N2OS/c1-13-8-3-2-7(6-10-8)9(12)11-4-5-11/h2-3,6H,4-5H2,1H3. The molecule has 1 aromatic rings. The van der Waals surface area contributed by atoms with Crippen LogP contribution in [0.4, 0.5) is 0 Å². The largest absolute Gasteiger partial charge is 0.335 e. The maximum Gasteiger partial charge on any atom is 0.255 e. The number of hydrogen-bond donors (Lipinski definition) is 0. The van der Waals surface area contributed by atoms with Crippen molar-refractivity contribution in [3.8, 4) is 0 Å². The Morgan fingerprint density at radius 1 is 1.54 bits per heavy atom. The van der Waals surface area contributed by atoms with E-state index >= 15 is 0 Å². The molecule has 0 radical (unpaired) electrons. The summed E-state index contributed by atoms with van der Waals surface area (Å²) in [4.78, 5) is 17.4. The Hall–Kier alpha value is -1.03. The van der Waals surface area contributed by atoms with E-state index in [0.717, 1.165) is 18.1 Å². The molecule has 1 aromatic heterocycles. The average Bonchev–Trinajstić information content (AvgIpc) is 3.00. The average molecular weight is 194 g/mol. The summed E-state index contributed by atoms with van der Waals surface area (Å²) >= 11 is 1.58. The van der Waals surface area contributed by atoms with Crippen molar-refractivity contribution in [1.82, 2.24) is 9.88 Å². The Kier molecular flexibility index (Phi) is 2.22. The lowest BCUT2D eigenvalue weighted by Gasteiger charge is -2.01. The van der Waals surface area contributed by atoms with Crippen LogP contribution in [0.1, 0.15) is 10.4 Å².